The molecule has 0 aliphatic rings. The number of hydrogen-bond acceptors (Lipinski definition) is 4. The predicted molar refractivity (Wildman–Crippen MR) is 98.8 cm³/mol. The number of phenols is 1. The molecular weight excluding hydrogens is 312 g/mol. The Bertz CT molecular complexity index is 992. The van der Waals surface area contributed by atoms with Crippen molar-refractivity contribution in [3.8, 4) is 5.75 Å². The second kappa shape index (κ2) is 6.32. The number of aromatic nitrogens is 1. The number of pyridine rings is 1. The van der Waals surface area contributed by atoms with E-state index in [0.717, 1.165) is 22.4 Å². The zero-order valence-corrected chi connectivity index (χ0v) is 13.8. The summed E-state index contributed by atoms with van der Waals surface area (Å²) < 4.78 is 5.62. The highest BCUT2D eigenvalue weighted by Gasteiger charge is 2.22. The lowest BCUT2D eigenvalue weighted by Crippen LogP contribution is -2.12. The summed E-state index contributed by atoms with van der Waals surface area (Å²) in [6.45, 7) is 2.05. The molecule has 0 radical (unpaired) electrons. The van der Waals surface area contributed by atoms with Gasteiger partial charge in [-0.05, 0) is 37.3 Å². The fourth-order valence-electron chi connectivity index (χ4n) is 2.95. The summed E-state index contributed by atoms with van der Waals surface area (Å²) in [6.07, 6.45) is 3.32. The first kappa shape index (κ1) is 15.3. The highest BCUT2D eigenvalue weighted by atomic mass is 16.3. The normalized spacial score (nSPS) is 12.2. The van der Waals surface area contributed by atoms with E-state index in [2.05, 4.69) is 17.2 Å². The van der Waals surface area contributed by atoms with Gasteiger partial charge in [-0.1, -0.05) is 35.9 Å². The Labute approximate surface area is 145 Å². The Morgan fingerprint density at radius 1 is 1.00 bits per heavy atom. The zero-order chi connectivity index (χ0) is 17.2. The van der Waals surface area contributed by atoms with Crippen LogP contribution in [0.25, 0.3) is 10.9 Å². The van der Waals surface area contributed by atoms with Crippen molar-refractivity contribution in [2.75, 3.05) is 5.32 Å². The van der Waals surface area contributed by atoms with Gasteiger partial charge in [0.25, 0.3) is 0 Å². The summed E-state index contributed by atoms with van der Waals surface area (Å²) in [5, 5.41) is 15.1. The van der Waals surface area contributed by atoms with E-state index in [0.29, 0.717) is 5.52 Å². The Morgan fingerprint density at radius 3 is 2.60 bits per heavy atom. The van der Waals surface area contributed by atoms with Gasteiger partial charge in [0, 0.05) is 22.8 Å². The van der Waals surface area contributed by atoms with Crippen LogP contribution in [0.2, 0.25) is 0 Å². The SMILES string of the molecule is Cc1ccc(NC(c2ccco2)c2ccc3cccnc3c2O)cc1. The molecule has 0 bridgehead atoms. The molecule has 2 N–H and O–H groups in total. The average Bonchev–Trinajstić information content (AvgIpc) is 3.17. The van der Waals surface area contributed by atoms with Crippen molar-refractivity contribution < 1.29 is 9.52 Å². The molecule has 0 fully saturated rings. The molecule has 1 unspecified atom stereocenters. The van der Waals surface area contributed by atoms with E-state index in [9.17, 15) is 5.11 Å². The van der Waals surface area contributed by atoms with Crippen LogP contribution < -0.4 is 5.32 Å². The van der Waals surface area contributed by atoms with Crippen molar-refractivity contribution in [2.24, 2.45) is 0 Å². The van der Waals surface area contributed by atoms with Crippen molar-refractivity contribution in [3.05, 3.63) is 90.0 Å². The fraction of sp³-hybridized carbons (Fsp3) is 0.0952. The maximum absolute atomic E-state index is 10.8. The van der Waals surface area contributed by atoms with Crippen LogP contribution in [0.4, 0.5) is 5.69 Å². The number of furan rings is 1. The molecule has 0 aliphatic heterocycles. The van der Waals surface area contributed by atoms with Crippen LogP contribution in [0, 0.1) is 6.92 Å². The van der Waals surface area contributed by atoms with Crippen molar-refractivity contribution in [2.45, 2.75) is 13.0 Å². The third-order valence-electron chi connectivity index (χ3n) is 4.28. The van der Waals surface area contributed by atoms with Crippen LogP contribution in [0.3, 0.4) is 0 Å². The van der Waals surface area contributed by atoms with Crippen LogP contribution in [0.15, 0.2) is 77.5 Å². The number of aromatic hydroxyl groups is 1. The van der Waals surface area contributed by atoms with Gasteiger partial charge in [-0.3, -0.25) is 4.98 Å². The Balaban J connectivity index is 1.81. The zero-order valence-electron chi connectivity index (χ0n) is 13.8. The minimum absolute atomic E-state index is 0.166. The van der Waals surface area contributed by atoms with E-state index >= 15 is 0 Å². The van der Waals surface area contributed by atoms with Crippen LogP contribution in [0.1, 0.15) is 22.9 Å². The number of phenolic OH excluding ortho intramolecular Hbond substituents is 1. The third kappa shape index (κ3) is 2.94. The number of rotatable bonds is 4. The number of nitrogens with zero attached hydrogens (tertiary/aromatic N) is 1. The maximum Gasteiger partial charge on any atom is 0.147 e. The second-order valence-corrected chi connectivity index (χ2v) is 6.04. The first-order valence-electron chi connectivity index (χ1n) is 8.15. The summed E-state index contributed by atoms with van der Waals surface area (Å²) in [7, 11) is 0. The van der Waals surface area contributed by atoms with Gasteiger partial charge in [-0.25, -0.2) is 0 Å². The summed E-state index contributed by atoms with van der Waals surface area (Å²) in [4.78, 5) is 4.32. The van der Waals surface area contributed by atoms with E-state index in [-0.39, 0.29) is 11.8 Å². The van der Waals surface area contributed by atoms with Gasteiger partial charge in [0.15, 0.2) is 0 Å². The molecule has 0 amide bonds. The standard InChI is InChI=1S/C21H18N2O2/c1-14-6-9-16(10-7-14)23-20(18-5-3-13-25-18)17-11-8-15-4-2-12-22-19(15)21(17)24/h2-13,20,23-24H,1H3. The molecule has 4 heteroatoms. The average molecular weight is 330 g/mol. The molecule has 1 atom stereocenters. The van der Waals surface area contributed by atoms with E-state index in [1.165, 1.54) is 5.56 Å². The van der Waals surface area contributed by atoms with Crippen molar-refractivity contribution in [1.29, 1.82) is 0 Å². The minimum Gasteiger partial charge on any atom is -0.505 e. The number of aryl methyl sites for hydroxylation is 1. The lowest BCUT2D eigenvalue weighted by atomic mass is 10.0. The number of nitrogens with one attached hydrogen (secondary N) is 1. The van der Waals surface area contributed by atoms with Crippen molar-refractivity contribution in [1.82, 2.24) is 4.98 Å². The van der Waals surface area contributed by atoms with E-state index in [1.807, 2.05) is 60.7 Å². The lowest BCUT2D eigenvalue weighted by molar-refractivity contribution is 0.458. The van der Waals surface area contributed by atoms with E-state index in [4.69, 9.17) is 4.42 Å². The molecular formula is C21H18N2O2. The van der Waals surface area contributed by atoms with E-state index in [1.54, 1.807) is 12.5 Å². The van der Waals surface area contributed by atoms with Gasteiger partial charge in [0.1, 0.15) is 23.1 Å². The van der Waals surface area contributed by atoms with Crippen LogP contribution in [-0.2, 0) is 0 Å². The van der Waals surface area contributed by atoms with Crippen molar-refractivity contribution >= 4 is 16.6 Å². The highest BCUT2D eigenvalue weighted by Crippen LogP contribution is 2.36. The maximum atomic E-state index is 10.8. The summed E-state index contributed by atoms with van der Waals surface area (Å²) in [6, 6.07) is 19.2. The van der Waals surface area contributed by atoms with Gasteiger partial charge in [0.05, 0.1) is 6.26 Å². The minimum atomic E-state index is -0.316. The molecule has 2 aromatic carbocycles. The van der Waals surface area contributed by atoms with Gasteiger partial charge < -0.3 is 14.8 Å². The van der Waals surface area contributed by atoms with Gasteiger partial charge in [0.2, 0.25) is 0 Å². The Hall–Kier alpha value is -3.27. The predicted octanol–water partition coefficient (Wildman–Crippen LogP) is 5.04. The monoisotopic (exact) mass is 330 g/mol. The number of benzene rings is 2. The molecule has 0 spiro atoms. The number of anilines is 1. The Morgan fingerprint density at radius 2 is 1.84 bits per heavy atom. The van der Waals surface area contributed by atoms with Gasteiger partial charge in [-0.15, -0.1) is 0 Å². The molecule has 0 saturated carbocycles. The second-order valence-electron chi connectivity index (χ2n) is 6.04. The molecule has 2 aromatic heterocycles. The third-order valence-corrected chi connectivity index (χ3v) is 4.28. The quantitative estimate of drug-likeness (QED) is 0.550. The lowest BCUT2D eigenvalue weighted by Gasteiger charge is -2.20. The fourth-order valence-corrected chi connectivity index (χ4v) is 2.95. The van der Waals surface area contributed by atoms with Crippen molar-refractivity contribution in [3.63, 3.8) is 0 Å². The molecule has 4 nitrogen and oxygen atoms in total. The van der Waals surface area contributed by atoms with Gasteiger partial charge in [-0.2, -0.15) is 0 Å². The smallest absolute Gasteiger partial charge is 0.147 e. The molecule has 124 valence electrons. The molecule has 0 saturated heterocycles. The molecule has 4 aromatic rings. The first-order valence-corrected chi connectivity index (χ1v) is 8.15. The first-order chi connectivity index (χ1) is 12.2. The molecule has 2 heterocycles. The summed E-state index contributed by atoms with van der Waals surface area (Å²) in [5.74, 6) is 0.894. The number of hydrogen-bond donors (Lipinski definition) is 2. The molecule has 0 aliphatic carbocycles. The summed E-state index contributed by atoms with van der Waals surface area (Å²) >= 11 is 0. The van der Waals surface area contributed by atoms with Crippen LogP contribution in [-0.4, -0.2) is 10.1 Å². The largest absolute Gasteiger partial charge is 0.505 e. The summed E-state index contributed by atoms with van der Waals surface area (Å²) in [5.41, 5.74) is 3.45. The van der Waals surface area contributed by atoms with Crippen LogP contribution in [0.5, 0.6) is 5.75 Å². The molecule has 25 heavy (non-hydrogen) atoms. The topological polar surface area (TPSA) is 58.3 Å². The van der Waals surface area contributed by atoms with E-state index < -0.39 is 0 Å². The van der Waals surface area contributed by atoms with Gasteiger partial charge >= 0.3 is 0 Å². The van der Waals surface area contributed by atoms with Crippen LogP contribution >= 0.6 is 0 Å². The Kier molecular flexibility index (Phi) is 3.86. The number of fused-ring (bicyclic) bond motifs is 1. The highest BCUT2D eigenvalue weighted by molar-refractivity contribution is 5.85. The molecule has 4 rings (SSSR count).